The largest absolute Gasteiger partial charge is 0.397 e. The van der Waals surface area contributed by atoms with Crippen molar-refractivity contribution in [2.75, 3.05) is 23.9 Å². The summed E-state index contributed by atoms with van der Waals surface area (Å²) in [5, 5.41) is 3.87. The van der Waals surface area contributed by atoms with Gasteiger partial charge in [-0.05, 0) is 30.9 Å². The van der Waals surface area contributed by atoms with Crippen LogP contribution in [0.4, 0.5) is 11.4 Å². The van der Waals surface area contributed by atoms with Crippen LogP contribution in [-0.2, 0) is 0 Å². The first-order chi connectivity index (χ1) is 8.04. The van der Waals surface area contributed by atoms with Crippen LogP contribution < -0.4 is 16.8 Å². The highest BCUT2D eigenvalue weighted by atomic mass is 32.2. The molecule has 1 aromatic rings. The molecule has 1 amide bonds. The normalized spacial score (nSPS) is 12.1. The number of nitrogens with two attached hydrogens (primary N) is 2. The van der Waals surface area contributed by atoms with Crippen LogP contribution in [0.15, 0.2) is 18.2 Å². The first-order valence-electron chi connectivity index (χ1n) is 5.50. The predicted octanol–water partition coefficient (Wildman–Crippen LogP) is 1.92. The lowest BCUT2D eigenvalue weighted by Crippen LogP contribution is -2.13. The van der Waals surface area contributed by atoms with Gasteiger partial charge < -0.3 is 16.8 Å². The molecule has 0 saturated heterocycles. The molecule has 0 aliphatic heterocycles. The van der Waals surface area contributed by atoms with Crippen LogP contribution in [0.3, 0.4) is 0 Å². The fraction of sp³-hybridized carbons (Fsp3) is 0.417. The Labute approximate surface area is 106 Å². The zero-order chi connectivity index (χ0) is 12.8. The van der Waals surface area contributed by atoms with Crippen molar-refractivity contribution < 1.29 is 4.79 Å². The lowest BCUT2D eigenvalue weighted by molar-refractivity contribution is 0.100. The van der Waals surface area contributed by atoms with Gasteiger partial charge in [0.25, 0.3) is 0 Å². The summed E-state index contributed by atoms with van der Waals surface area (Å²) in [5.74, 6) is -0.459. The van der Waals surface area contributed by atoms with Crippen LogP contribution in [0.1, 0.15) is 23.7 Å². The standard InChI is InChI=1S/C12H19N3OS/c1-8(17-2)5-6-15-11-4-3-9(12(14)16)7-10(11)13/h3-4,7-8,15H,5-6,13H2,1-2H3,(H2,14,16). The van der Waals surface area contributed by atoms with E-state index in [0.29, 0.717) is 16.5 Å². The summed E-state index contributed by atoms with van der Waals surface area (Å²) < 4.78 is 0. The van der Waals surface area contributed by atoms with Gasteiger partial charge in [-0.25, -0.2) is 0 Å². The average molecular weight is 253 g/mol. The molecule has 1 atom stereocenters. The molecule has 5 heteroatoms. The monoisotopic (exact) mass is 253 g/mol. The smallest absolute Gasteiger partial charge is 0.248 e. The number of carbonyl (C=O) groups excluding carboxylic acids is 1. The Morgan fingerprint density at radius 1 is 1.53 bits per heavy atom. The number of rotatable bonds is 6. The number of anilines is 2. The van der Waals surface area contributed by atoms with Crippen LogP contribution in [0.5, 0.6) is 0 Å². The van der Waals surface area contributed by atoms with E-state index >= 15 is 0 Å². The Morgan fingerprint density at radius 2 is 2.24 bits per heavy atom. The second-order valence-corrected chi connectivity index (χ2v) is 5.20. The van der Waals surface area contributed by atoms with E-state index in [2.05, 4.69) is 18.5 Å². The van der Waals surface area contributed by atoms with E-state index in [4.69, 9.17) is 11.5 Å². The molecular weight excluding hydrogens is 234 g/mol. The number of carbonyl (C=O) groups is 1. The third kappa shape index (κ3) is 4.19. The molecule has 0 heterocycles. The topological polar surface area (TPSA) is 81.1 Å². The Balaban J connectivity index is 2.57. The first kappa shape index (κ1) is 13.7. The molecule has 17 heavy (non-hydrogen) atoms. The third-order valence-corrected chi connectivity index (χ3v) is 3.65. The van der Waals surface area contributed by atoms with Crippen LogP contribution in [0, 0.1) is 0 Å². The molecule has 5 N–H and O–H groups in total. The maximum Gasteiger partial charge on any atom is 0.248 e. The molecule has 1 rings (SSSR count). The van der Waals surface area contributed by atoms with Crippen molar-refractivity contribution in [3.05, 3.63) is 23.8 Å². The zero-order valence-electron chi connectivity index (χ0n) is 10.2. The Morgan fingerprint density at radius 3 is 2.76 bits per heavy atom. The summed E-state index contributed by atoms with van der Waals surface area (Å²) in [4.78, 5) is 11.0. The van der Waals surface area contributed by atoms with Crippen molar-refractivity contribution >= 4 is 29.0 Å². The van der Waals surface area contributed by atoms with Crippen LogP contribution in [0.2, 0.25) is 0 Å². The van der Waals surface area contributed by atoms with Gasteiger partial charge in [0.1, 0.15) is 0 Å². The van der Waals surface area contributed by atoms with Crippen LogP contribution in [0.25, 0.3) is 0 Å². The van der Waals surface area contributed by atoms with Gasteiger partial charge in [-0.2, -0.15) is 11.8 Å². The van der Waals surface area contributed by atoms with Crippen LogP contribution >= 0.6 is 11.8 Å². The minimum Gasteiger partial charge on any atom is -0.397 e. The lowest BCUT2D eigenvalue weighted by Gasteiger charge is -2.12. The molecule has 4 nitrogen and oxygen atoms in total. The van der Waals surface area contributed by atoms with Gasteiger partial charge in [-0.15, -0.1) is 0 Å². The van der Waals surface area contributed by atoms with E-state index in [1.54, 1.807) is 18.2 Å². The van der Waals surface area contributed by atoms with Gasteiger partial charge in [0, 0.05) is 17.4 Å². The number of nitrogen functional groups attached to an aromatic ring is 1. The molecule has 0 saturated carbocycles. The second-order valence-electron chi connectivity index (χ2n) is 3.93. The van der Waals surface area contributed by atoms with Gasteiger partial charge in [0.05, 0.1) is 11.4 Å². The fourth-order valence-corrected chi connectivity index (χ4v) is 1.76. The molecule has 0 aromatic heterocycles. The first-order valence-corrected chi connectivity index (χ1v) is 6.79. The number of benzene rings is 1. The maximum atomic E-state index is 11.0. The van der Waals surface area contributed by atoms with Crippen LogP contribution in [-0.4, -0.2) is 24.0 Å². The third-order valence-electron chi connectivity index (χ3n) is 2.60. The quantitative estimate of drug-likeness (QED) is 0.677. The molecule has 0 aliphatic carbocycles. The fourth-order valence-electron chi connectivity index (χ4n) is 1.40. The lowest BCUT2D eigenvalue weighted by atomic mass is 10.1. The Bertz CT molecular complexity index is 395. The SMILES string of the molecule is CSC(C)CCNc1ccc(C(N)=O)cc1N. The van der Waals surface area contributed by atoms with Crippen molar-refractivity contribution in [3.8, 4) is 0 Å². The molecule has 1 aromatic carbocycles. The molecule has 0 radical (unpaired) electrons. The van der Waals surface area contributed by atoms with Gasteiger partial charge in [-0.3, -0.25) is 4.79 Å². The van der Waals surface area contributed by atoms with Crippen molar-refractivity contribution in [1.29, 1.82) is 0 Å². The number of hydrogen-bond acceptors (Lipinski definition) is 4. The Kier molecular flexibility index (Phi) is 5.15. The van der Waals surface area contributed by atoms with E-state index < -0.39 is 5.91 Å². The number of amides is 1. The van der Waals surface area contributed by atoms with E-state index in [1.807, 2.05) is 11.8 Å². The zero-order valence-corrected chi connectivity index (χ0v) is 11.0. The summed E-state index contributed by atoms with van der Waals surface area (Å²) in [6, 6.07) is 5.07. The molecular formula is C12H19N3OS. The molecule has 0 aliphatic rings. The highest BCUT2D eigenvalue weighted by molar-refractivity contribution is 7.99. The predicted molar refractivity (Wildman–Crippen MR) is 75.5 cm³/mol. The van der Waals surface area contributed by atoms with E-state index in [9.17, 15) is 4.79 Å². The number of nitrogens with one attached hydrogen (secondary N) is 1. The molecule has 0 bridgehead atoms. The van der Waals surface area contributed by atoms with E-state index in [-0.39, 0.29) is 0 Å². The highest BCUT2D eigenvalue weighted by Gasteiger charge is 2.05. The number of primary amides is 1. The summed E-state index contributed by atoms with van der Waals surface area (Å²) >= 11 is 1.84. The van der Waals surface area contributed by atoms with Gasteiger partial charge in [-0.1, -0.05) is 6.92 Å². The second kappa shape index (κ2) is 6.39. The average Bonchev–Trinajstić information content (AvgIpc) is 2.30. The molecule has 0 fully saturated rings. The number of hydrogen-bond donors (Lipinski definition) is 3. The van der Waals surface area contributed by atoms with Gasteiger partial charge in [0.2, 0.25) is 5.91 Å². The Hall–Kier alpha value is -1.36. The molecule has 94 valence electrons. The van der Waals surface area contributed by atoms with Crippen molar-refractivity contribution in [1.82, 2.24) is 0 Å². The summed E-state index contributed by atoms with van der Waals surface area (Å²) in [6.45, 7) is 3.05. The summed E-state index contributed by atoms with van der Waals surface area (Å²) in [7, 11) is 0. The van der Waals surface area contributed by atoms with Gasteiger partial charge >= 0.3 is 0 Å². The van der Waals surface area contributed by atoms with Crippen molar-refractivity contribution in [2.45, 2.75) is 18.6 Å². The van der Waals surface area contributed by atoms with Gasteiger partial charge in [0.15, 0.2) is 0 Å². The van der Waals surface area contributed by atoms with Crippen molar-refractivity contribution in [2.24, 2.45) is 5.73 Å². The maximum absolute atomic E-state index is 11.0. The van der Waals surface area contributed by atoms with Crippen molar-refractivity contribution in [3.63, 3.8) is 0 Å². The molecule has 0 spiro atoms. The van der Waals surface area contributed by atoms with E-state index in [1.165, 1.54) is 0 Å². The summed E-state index contributed by atoms with van der Waals surface area (Å²) in [5.41, 5.74) is 12.8. The number of thioether (sulfide) groups is 1. The molecule has 1 unspecified atom stereocenters. The minimum absolute atomic E-state index is 0.436. The summed E-state index contributed by atoms with van der Waals surface area (Å²) in [6.07, 6.45) is 3.17. The minimum atomic E-state index is -0.459. The van der Waals surface area contributed by atoms with E-state index in [0.717, 1.165) is 18.7 Å². The highest BCUT2D eigenvalue weighted by Crippen LogP contribution is 2.20.